The van der Waals surface area contributed by atoms with Gasteiger partial charge in [0.15, 0.2) is 18.0 Å². The molecule has 41 heavy (non-hydrogen) atoms. The van der Waals surface area contributed by atoms with E-state index in [0.717, 1.165) is 34.1 Å². The Labute approximate surface area is 245 Å². The van der Waals surface area contributed by atoms with Crippen LogP contribution in [0.2, 0.25) is 0 Å². The highest BCUT2D eigenvalue weighted by atomic mass is 35.5. The van der Waals surface area contributed by atoms with Crippen molar-refractivity contribution in [3.05, 3.63) is 35.4 Å². The maximum atomic E-state index is 13.5. The van der Waals surface area contributed by atoms with Crippen LogP contribution in [-0.2, 0) is 52.5 Å². The standard InChI is InChI=1S/C29H39ClO11/c1-7-8-9-10-11-12-16-29(41-21(5)34)17-22(30)26(36)25(29)28(40-20(4)33)27(39-19(3)32)23(38-18(2)31)14-13-15-24(35)37-6/h8-9,11-12,17,23,25,27-28H,7,10,13-16H2,1-6H3/b9-8-,12-11-/t23-,25+,27+,28+,29+/m0/s1. The van der Waals surface area contributed by atoms with Crippen LogP contribution in [0.4, 0.5) is 0 Å². The number of ether oxygens (including phenoxy) is 5. The minimum atomic E-state index is -1.73. The summed E-state index contributed by atoms with van der Waals surface area (Å²) in [6.07, 6.45) is 5.71. The molecule has 0 spiro atoms. The summed E-state index contributed by atoms with van der Waals surface area (Å²) in [4.78, 5) is 74.2. The fourth-order valence-corrected chi connectivity index (χ4v) is 4.88. The molecule has 0 heterocycles. The third kappa shape index (κ3) is 11.5. The molecule has 228 valence electrons. The molecular formula is C29H39ClO11. The minimum Gasteiger partial charge on any atom is -0.469 e. The van der Waals surface area contributed by atoms with Gasteiger partial charge in [-0.25, -0.2) is 0 Å². The van der Waals surface area contributed by atoms with Crippen LogP contribution in [0.3, 0.4) is 0 Å². The summed E-state index contributed by atoms with van der Waals surface area (Å²) in [6.45, 7) is 6.43. The lowest BCUT2D eigenvalue weighted by Gasteiger charge is -2.40. The molecule has 11 nitrogen and oxygen atoms in total. The molecule has 0 radical (unpaired) electrons. The van der Waals surface area contributed by atoms with E-state index in [1.54, 1.807) is 12.2 Å². The third-order valence-corrected chi connectivity index (χ3v) is 6.36. The van der Waals surface area contributed by atoms with Crippen molar-refractivity contribution in [2.75, 3.05) is 7.11 Å². The minimum absolute atomic E-state index is 0.0311. The maximum Gasteiger partial charge on any atom is 0.305 e. The van der Waals surface area contributed by atoms with Gasteiger partial charge in [0.25, 0.3) is 0 Å². The van der Waals surface area contributed by atoms with E-state index in [1.165, 1.54) is 13.2 Å². The van der Waals surface area contributed by atoms with E-state index in [2.05, 4.69) is 4.74 Å². The highest BCUT2D eigenvalue weighted by Crippen LogP contribution is 2.44. The first kappa shape index (κ1) is 35.6. The number of rotatable bonds is 16. The van der Waals surface area contributed by atoms with E-state index in [1.807, 2.05) is 19.1 Å². The predicted molar refractivity (Wildman–Crippen MR) is 147 cm³/mol. The highest BCUT2D eigenvalue weighted by Gasteiger charge is 2.58. The fraction of sp³-hybridized carbons (Fsp3) is 0.586. The number of ketones is 1. The van der Waals surface area contributed by atoms with Gasteiger partial charge in [-0.15, -0.1) is 0 Å². The number of Topliss-reactive ketones (excluding diaryl/α,β-unsaturated/α-hetero) is 1. The van der Waals surface area contributed by atoms with Crippen molar-refractivity contribution < 1.29 is 52.5 Å². The van der Waals surface area contributed by atoms with Crippen molar-refractivity contribution in [1.82, 2.24) is 0 Å². The van der Waals surface area contributed by atoms with Crippen LogP contribution in [0.1, 0.15) is 73.1 Å². The lowest BCUT2D eigenvalue weighted by Crippen LogP contribution is -2.56. The molecule has 1 rings (SSSR count). The Balaban J connectivity index is 3.70. The van der Waals surface area contributed by atoms with Gasteiger partial charge >= 0.3 is 29.8 Å². The molecule has 1 aliphatic rings. The van der Waals surface area contributed by atoms with Crippen LogP contribution in [0.15, 0.2) is 35.4 Å². The average molecular weight is 599 g/mol. The normalized spacial score (nSPS) is 20.7. The maximum absolute atomic E-state index is 13.5. The summed E-state index contributed by atoms with van der Waals surface area (Å²) in [5.74, 6) is -5.91. The van der Waals surface area contributed by atoms with E-state index in [0.29, 0.717) is 6.42 Å². The molecule has 12 heteroatoms. The zero-order chi connectivity index (χ0) is 31.2. The van der Waals surface area contributed by atoms with Gasteiger partial charge in [-0.3, -0.25) is 28.8 Å². The predicted octanol–water partition coefficient (Wildman–Crippen LogP) is 4.05. The Morgan fingerprint density at radius 3 is 2.07 bits per heavy atom. The second-order valence-electron chi connectivity index (χ2n) is 9.44. The molecule has 0 aromatic rings. The van der Waals surface area contributed by atoms with Gasteiger partial charge in [-0.2, -0.15) is 0 Å². The molecule has 1 aliphatic carbocycles. The Bertz CT molecular complexity index is 1060. The van der Waals surface area contributed by atoms with Crippen molar-refractivity contribution >= 4 is 47.2 Å². The summed E-state index contributed by atoms with van der Waals surface area (Å²) in [7, 11) is 1.22. The molecule has 0 aromatic carbocycles. The van der Waals surface area contributed by atoms with E-state index < -0.39 is 65.5 Å². The van der Waals surface area contributed by atoms with Gasteiger partial charge in [-0.1, -0.05) is 42.8 Å². The molecular weight excluding hydrogens is 560 g/mol. The number of halogens is 1. The fourth-order valence-electron chi connectivity index (χ4n) is 4.58. The van der Waals surface area contributed by atoms with Crippen molar-refractivity contribution in [2.45, 2.75) is 97.1 Å². The number of hydrogen-bond acceptors (Lipinski definition) is 11. The molecule has 0 bridgehead atoms. The summed E-state index contributed by atoms with van der Waals surface area (Å²) in [5.41, 5.74) is -1.73. The van der Waals surface area contributed by atoms with Crippen molar-refractivity contribution in [3.63, 3.8) is 0 Å². The Kier molecular flexibility index (Phi) is 15.1. The molecule has 0 N–H and O–H groups in total. The van der Waals surface area contributed by atoms with E-state index in [9.17, 15) is 28.8 Å². The van der Waals surface area contributed by atoms with Crippen LogP contribution in [0.5, 0.6) is 0 Å². The number of hydrogen-bond donors (Lipinski definition) is 0. The van der Waals surface area contributed by atoms with Gasteiger partial charge in [0, 0.05) is 40.5 Å². The zero-order valence-electron chi connectivity index (χ0n) is 24.3. The molecule has 0 aliphatic heterocycles. The Morgan fingerprint density at radius 1 is 0.927 bits per heavy atom. The summed E-state index contributed by atoms with van der Waals surface area (Å²) in [5, 5.41) is -0.274. The summed E-state index contributed by atoms with van der Waals surface area (Å²) < 4.78 is 26.9. The van der Waals surface area contributed by atoms with Crippen LogP contribution in [-0.4, -0.2) is 66.7 Å². The number of carbonyl (C=O) groups excluding carboxylic acids is 6. The molecule has 0 saturated heterocycles. The van der Waals surface area contributed by atoms with Gasteiger partial charge < -0.3 is 23.7 Å². The van der Waals surface area contributed by atoms with Crippen LogP contribution in [0.25, 0.3) is 0 Å². The first-order valence-corrected chi connectivity index (χ1v) is 13.7. The third-order valence-electron chi connectivity index (χ3n) is 6.06. The average Bonchev–Trinajstić information content (AvgIpc) is 3.10. The highest BCUT2D eigenvalue weighted by molar-refractivity contribution is 6.44. The molecule has 0 unspecified atom stereocenters. The van der Waals surface area contributed by atoms with Crippen LogP contribution < -0.4 is 0 Å². The SMILES string of the molecule is CC/C=C\C/C=C\C[C@@]1(OC(C)=O)C=C(Cl)C(=O)[C@@H]1[C@@H](OC(C)=O)[C@H](OC(C)=O)[C@H](CCCC(=O)OC)OC(C)=O. The van der Waals surface area contributed by atoms with Gasteiger partial charge in [0.1, 0.15) is 17.6 Å². The van der Waals surface area contributed by atoms with Crippen molar-refractivity contribution in [3.8, 4) is 0 Å². The number of allylic oxidation sites excluding steroid dienone is 4. The Hall–Kier alpha value is -3.47. The molecule has 0 fully saturated rings. The Morgan fingerprint density at radius 2 is 1.54 bits per heavy atom. The lowest BCUT2D eigenvalue weighted by molar-refractivity contribution is -0.198. The molecule has 5 atom stereocenters. The second-order valence-corrected chi connectivity index (χ2v) is 9.85. The van der Waals surface area contributed by atoms with Crippen LogP contribution in [0, 0.1) is 5.92 Å². The second kappa shape index (κ2) is 17.4. The van der Waals surface area contributed by atoms with Gasteiger partial charge in [0.05, 0.1) is 12.1 Å². The number of carbonyl (C=O) groups is 6. The van der Waals surface area contributed by atoms with Gasteiger partial charge in [-0.05, 0) is 31.8 Å². The number of methoxy groups -OCH3 is 1. The smallest absolute Gasteiger partial charge is 0.305 e. The summed E-state index contributed by atoms with van der Waals surface area (Å²) >= 11 is 6.30. The topological polar surface area (TPSA) is 149 Å². The molecule has 0 aromatic heterocycles. The largest absolute Gasteiger partial charge is 0.469 e. The van der Waals surface area contributed by atoms with Crippen LogP contribution >= 0.6 is 11.6 Å². The lowest BCUT2D eigenvalue weighted by atomic mass is 9.78. The first-order chi connectivity index (χ1) is 19.3. The molecule has 0 amide bonds. The van der Waals surface area contributed by atoms with E-state index >= 15 is 0 Å². The number of esters is 5. The quantitative estimate of drug-likeness (QED) is 0.144. The first-order valence-electron chi connectivity index (χ1n) is 13.3. The zero-order valence-corrected chi connectivity index (χ0v) is 25.1. The van der Waals surface area contributed by atoms with Gasteiger partial charge in [0.2, 0.25) is 0 Å². The summed E-state index contributed by atoms with van der Waals surface area (Å²) in [6, 6.07) is 0. The van der Waals surface area contributed by atoms with E-state index in [4.69, 9.17) is 30.5 Å². The molecule has 0 saturated carbocycles. The van der Waals surface area contributed by atoms with E-state index in [-0.39, 0.29) is 30.7 Å². The monoisotopic (exact) mass is 598 g/mol. The van der Waals surface area contributed by atoms with Crippen molar-refractivity contribution in [2.24, 2.45) is 5.92 Å². The van der Waals surface area contributed by atoms with Crippen molar-refractivity contribution in [1.29, 1.82) is 0 Å².